The van der Waals surface area contributed by atoms with Crippen LogP contribution < -0.4 is 5.32 Å². The molecule has 0 radical (unpaired) electrons. The quantitative estimate of drug-likeness (QED) is 0.610. The molecule has 0 saturated carbocycles. The van der Waals surface area contributed by atoms with Crippen molar-refractivity contribution in [3.63, 3.8) is 0 Å². The zero-order chi connectivity index (χ0) is 18.7. The number of rotatable bonds is 6. The number of carboxylic acid groups (broad SMARTS) is 2. The van der Waals surface area contributed by atoms with Crippen molar-refractivity contribution in [3.05, 3.63) is 64.9 Å². The van der Waals surface area contributed by atoms with Crippen molar-refractivity contribution in [3.8, 4) is 0 Å². The number of halogens is 1. The highest BCUT2D eigenvalue weighted by Crippen LogP contribution is 2.24. The number of carboxylic acids is 2. The van der Waals surface area contributed by atoms with Crippen LogP contribution in [0.15, 0.2) is 48.8 Å². The first-order valence-electron chi connectivity index (χ1n) is 7.66. The number of aromatic nitrogens is 2. The number of hydrogen-bond acceptors (Lipinski definition) is 5. The van der Waals surface area contributed by atoms with Crippen LogP contribution in [0, 0.1) is 0 Å². The fourth-order valence-corrected chi connectivity index (χ4v) is 2.72. The molecule has 0 amide bonds. The Hall–Kier alpha value is -3.19. The molecule has 2 aromatic heterocycles. The molecule has 0 unspecified atom stereocenters. The second kappa shape index (κ2) is 7.37. The van der Waals surface area contributed by atoms with Crippen LogP contribution in [-0.2, 0) is 11.2 Å². The minimum absolute atomic E-state index is 0.00576. The third-order valence-corrected chi connectivity index (χ3v) is 4.04. The molecular formula is C18H14ClN3O4. The molecule has 8 heteroatoms. The molecule has 3 rings (SSSR count). The summed E-state index contributed by atoms with van der Waals surface area (Å²) in [7, 11) is 0. The van der Waals surface area contributed by atoms with Crippen LogP contribution in [0.4, 0.5) is 5.82 Å². The number of aliphatic carboxylic acids is 1. The van der Waals surface area contributed by atoms with Gasteiger partial charge in [0, 0.05) is 29.2 Å². The second-order valence-electron chi connectivity index (χ2n) is 5.62. The van der Waals surface area contributed by atoms with Gasteiger partial charge in [0.05, 0.1) is 5.52 Å². The van der Waals surface area contributed by atoms with Gasteiger partial charge in [-0.3, -0.25) is 4.98 Å². The number of anilines is 1. The Kier molecular flexibility index (Phi) is 4.99. The number of nitrogens with one attached hydrogen (secondary N) is 1. The van der Waals surface area contributed by atoms with Gasteiger partial charge >= 0.3 is 11.9 Å². The average Bonchev–Trinajstić information content (AvgIpc) is 2.61. The average molecular weight is 372 g/mol. The van der Waals surface area contributed by atoms with Crippen molar-refractivity contribution < 1.29 is 19.8 Å². The van der Waals surface area contributed by atoms with E-state index in [-0.39, 0.29) is 17.8 Å². The van der Waals surface area contributed by atoms with Crippen molar-refractivity contribution in [1.29, 1.82) is 0 Å². The number of pyridine rings is 2. The van der Waals surface area contributed by atoms with Gasteiger partial charge in [-0.1, -0.05) is 11.6 Å². The molecule has 0 aliphatic rings. The topological polar surface area (TPSA) is 112 Å². The smallest absolute Gasteiger partial charge is 0.339 e. The largest absolute Gasteiger partial charge is 0.480 e. The monoisotopic (exact) mass is 371 g/mol. The van der Waals surface area contributed by atoms with E-state index in [0.29, 0.717) is 15.9 Å². The third-order valence-electron chi connectivity index (χ3n) is 3.81. The predicted molar refractivity (Wildman–Crippen MR) is 96.7 cm³/mol. The van der Waals surface area contributed by atoms with Crippen LogP contribution in [0.2, 0.25) is 5.02 Å². The minimum atomic E-state index is -1.21. The van der Waals surface area contributed by atoms with Crippen molar-refractivity contribution in [2.45, 2.75) is 12.5 Å². The van der Waals surface area contributed by atoms with E-state index < -0.39 is 18.0 Å². The Morgan fingerprint density at radius 2 is 1.85 bits per heavy atom. The van der Waals surface area contributed by atoms with Gasteiger partial charge in [-0.05, 0) is 42.0 Å². The van der Waals surface area contributed by atoms with Crippen LogP contribution >= 0.6 is 11.6 Å². The third kappa shape index (κ3) is 3.89. The molecule has 2 heterocycles. The van der Waals surface area contributed by atoms with E-state index in [4.69, 9.17) is 11.6 Å². The number of hydrogen-bond donors (Lipinski definition) is 3. The van der Waals surface area contributed by atoms with Gasteiger partial charge in [0.15, 0.2) is 0 Å². The van der Waals surface area contributed by atoms with E-state index in [2.05, 4.69) is 15.3 Å². The van der Waals surface area contributed by atoms with Crippen molar-refractivity contribution >= 4 is 40.3 Å². The normalized spacial score (nSPS) is 11.9. The van der Waals surface area contributed by atoms with E-state index in [1.54, 1.807) is 42.7 Å². The standard InChI is InChI=1S/C18H14ClN3O4/c19-12-1-2-14-11(8-12)9-13(17(23)24)16(21-14)22-15(18(25)26)7-10-3-5-20-6-4-10/h1-6,8-9,15H,7H2,(H,21,22)(H,23,24)(H,25,26)/t15-/m0/s1. The molecule has 1 atom stereocenters. The summed E-state index contributed by atoms with van der Waals surface area (Å²) < 4.78 is 0. The number of fused-ring (bicyclic) bond motifs is 1. The van der Waals surface area contributed by atoms with Crippen LogP contribution in [0.25, 0.3) is 10.9 Å². The van der Waals surface area contributed by atoms with Crippen molar-refractivity contribution in [2.24, 2.45) is 0 Å². The molecule has 3 aromatic rings. The zero-order valence-electron chi connectivity index (χ0n) is 13.4. The number of benzene rings is 1. The Morgan fingerprint density at radius 3 is 2.50 bits per heavy atom. The lowest BCUT2D eigenvalue weighted by molar-refractivity contribution is -0.137. The van der Waals surface area contributed by atoms with Crippen LogP contribution in [0.3, 0.4) is 0 Å². The van der Waals surface area contributed by atoms with Crippen LogP contribution in [0.1, 0.15) is 15.9 Å². The summed E-state index contributed by atoms with van der Waals surface area (Å²) in [6, 6.07) is 8.65. The Labute approximate surface area is 153 Å². The van der Waals surface area contributed by atoms with E-state index in [1.165, 1.54) is 6.07 Å². The van der Waals surface area contributed by atoms with E-state index in [1.807, 2.05) is 0 Å². The summed E-state index contributed by atoms with van der Waals surface area (Å²) in [6.07, 6.45) is 3.28. The molecule has 0 saturated heterocycles. The molecule has 26 heavy (non-hydrogen) atoms. The van der Waals surface area contributed by atoms with Gasteiger partial charge < -0.3 is 15.5 Å². The summed E-state index contributed by atoms with van der Waals surface area (Å²) in [5.74, 6) is -2.33. The summed E-state index contributed by atoms with van der Waals surface area (Å²) in [5, 5.41) is 22.7. The fraction of sp³-hybridized carbons (Fsp3) is 0.111. The maximum Gasteiger partial charge on any atom is 0.339 e. The summed E-state index contributed by atoms with van der Waals surface area (Å²) >= 11 is 5.93. The highest BCUT2D eigenvalue weighted by molar-refractivity contribution is 6.31. The molecule has 0 spiro atoms. The van der Waals surface area contributed by atoms with Gasteiger partial charge in [0.1, 0.15) is 17.4 Å². The Balaban J connectivity index is 1.99. The number of aromatic carboxylic acids is 1. The van der Waals surface area contributed by atoms with Gasteiger partial charge in [-0.25, -0.2) is 14.6 Å². The molecule has 132 valence electrons. The van der Waals surface area contributed by atoms with Gasteiger partial charge in [0.2, 0.25) is 0 Å². The minimum Gasteiger partial charge on any atom is -0.480 e. The maximum atomic E-state index is 11.6. The zero-order valence-corrected chi connectivity index (χ0v) is 14.1. The predicted octanol–water partition coefficient (Wildman–Crippen LogP) is 3.09. The van der Waals surface area contributed by atoms with Gasteiger partial charge in [-0.15, -0.1) is 0 Å². The summed E-state index contributed by atoms with van der Waals surface area (Å²) in [4.78, 5) is 31.4. The lowest BCUT2D eigenvalue weighted by atomic mass is 10.1. The van der Waals surface area contributed by atoms with Gasteiger partial charge in [-0.2, -0.15) is 0 Å². The molecular weight excluding hydrogens is 358 g/mol. The van der Waals surface area contributed by atoms with E-state index in [0.717, 1.165) is 5.56 Å². The summed E-state index contributed by atoms with van der Waals surface area (Å²) in [6.45, 7) is 0. The second-order valence-corrected chi connectivity index (χ2v) is 6.06. The maximum absolute atomic E-state index is 11.6. The van der Waals surface area contributed by atoms with Gasteiger partial charge in [0.25, 0.3) is 0 Å². The van der Waals surface area contributed by atoms with E-state index >= 15 is 0 Å². The highest BCUT2D eigenvalue weighted by Gasteiger charge is 2.22. The Morgan fingerprint density at radius 1 is 1.12 bits per heavy atom. The SMILES string of the molecule is O=C(O)c1cc2cc(Cl)ccc2nc1N[C@@H](Cc1ccncc1)C(=O)O. The molecule has 7 nitrogen and oxygen atoms in total. The molecule has 0 aliphatic carbocycles. The first-order valence-corrected chi connectivity index (χ1v) is 8.03. The first kappa shape index (κ1) is 17.6. The van der Waals surface area contributed by atoms with Crippen LogP contribution in [-0.4, -0.2) is 38.2 Å². The van der Waals surface area contributed by atoms with Crippen molar-refractivity contribution in [1.82, 2.24) is 9.97 Å². The van der Waals surface area contributed by atoms with Crippen molar-refractivity contribution in [2.75, 3.05) is 5.32 Å². The number of nitrogens with zero attached hydrogens (tertiary/aromatic N) is 2. The molecule has 0 fully saturated rings. The highest BCUT2D eigenvalue weighted by atomic mass is 35.5. The lowest BCUT2D eigenvalue weighted by Crippen LogP contribution is -2.32. The lowest BCUT2D eigenvalue weighted by Gasteiger charge is -2.17. The first-order chi connectivity index (χ1) is 12.4. The Bertz CT molecular complexity index is 979. The fourth-order valence-electron chi connectivity index (χ4n) is 2.54. The molecule has 3 N–H and O–H groups in total. The van der Waals surface area contributed by atoms with Crippen LogP contribution in [0.5, 0.6) is 0 Å². The molecule has 0 aliphatic heterocycles. The molecule has 1 aromatic carbocycles. The summed E-state index contributed by atoms with van der Waals surface area (Å²) in [5.41, 5.74) is 1.14. The molecule has 0 bridgehead atoms. The number of carbonyl (C=O) groups is 2. The van der Waals surface area contributed by atoms with E-state index in [9.17, 15) is 19.8 Å².